The Hall–Kier alpha value is -2.20. The number of nitrogens with zero attached hydrogens (tertiary/aromatic N) is 3. The molecule has 1 aromatic heterocycles. The number of carbonyl (C=O) groups excluding carboxylic acids is 2. The highest BCUT2D eigenvalue weighted by atomic mass is 16.7. The number of aliphatic hydroxyl groups excluding tert-OH is 1. The third kappa shape index (κ3) is 14.8. The molecule has 0 spiro atoms. The van der Waals surface area contributed by atoms with Gasteiger partial charge in [-0.1, -0.05) is 25.0 Å². The second-order valence-electron chi connectivity index (χ2n) is 10.1. The van der Waals surface area contributed by atoms with Crippen LogP contribution in [0.5, 0.6) is 0 Å². The number of hydrogen-bond donors (Lipinski definition) is 1. The van der Waals surface area contributed by atoms with Crippen molar-refractivity contribution in [1.82, 2.24) is 15.0 Å². The highest BCUT2D eigenvalue weighted by Crippen LogP contribution is 2.31. The Kier molecular flexibility index (Phi) is 18.4. The monoisotopic (exact) mass is 603 g/mol. The van der Waals surface area contributed by atoms with Crippen LogP contribution in [-0.2, 0) is 60.6 Å². The van der Waals surface area contributed by atoms with Gasteiger partial charge >= 0.3 is 11.9 Å². The SMILES string of the molecule is CC(=O)OC1[C@H](OCCCCCCOCc2cn(CCOCCOCCOCCO)nn2)OC(C)[C@@H](C)[C@@H]1OC(C)=O. The molecule has 1 aliphatic rings. The number of aliphatic hydroxyl groups is 1. The largest absolute Gasteiger partial charge is 0.458 e. The summed E-state index contributed by atoms with van der Waals surface area (Å²) in [6.07, 6.45) is 2.99. The molecule has 0 aromatic carbocycles. The standard InChI is InChI=1S/C28H49N3O11/c1-21-22(2)40-28(27(42-24(4)34)26(21)41-23(3)33)39-12-8-6-5-7-11-38-20-25-19-31(30-29-25)9-13-35-15-17-37-18-16-36-14-10-32/h19,21-22,26-28,32H,5-18,20H2,1-4H3/t21-,22?,26+,27?,28-/m1/s1. The van der Waals surface area contributed by atoms with E-state index < -0.39 is 30.4 Å². The molecule has 0 saturated carbocycles. The maximum absolute atomic E-state index is 11.7. The van der Waals surface area contributed by atoms with Crippen molar-refractivity contribution in [2.24, 2.45) is 5.92 Å². The fraction of sp³-hybridized carbons (Fsp3) is 0.857. The van der Waals surface area contributed by atoms with Crippen LogP contribution in [0.3, 0.4) is 0 Å². The predicted octanol–water partition coefficient (Wildman–Crippen LogP) is 1.66. The van der Waals surface area contributed by atoms with Crippen LogP contribution in [0.15, 0.2) is 6.20 Å². The second kappa shape index (κ2) is 21.5. The van der Waals surface area contributed by atoms with Crippen LogP contribution in [0.1, 0.15) is 59.1 Å². The Labute approximate surface area is 248 Å². The van der Waals surface area contributed by atoms with E-state index in [1.165, 1.54) is 13.8 Å². The van der Waals surface area contributed by atoms with E-state index in [2.05, 4.69) is 10.3 Å². The third-order valence-corrected chi connectivity index (χ3v) is 6.55. The molecule has 2 unspecified atom stereocenters. The van der Waals surface area contributed by atoms with Gasteiger partial charge in [0.15, 0.2) is 12.4 Å². The smallest absolute Gasteiger partial charge is 0.303 e. The van der Waals surface area contributed by atoms with Gasteiger partial charge in [-0.05, 0) is 19.8 Å². The fourth-order valence-corrected chi connectivity index (χ4v) is 4.26. The van der Waals surface area contributed by atoms with Crippen LogP contribution in [0.2, 0.25) is 0 Å². The Morgan fingerprint density at radius 3 is 2.12 bits per heavy atom. The molecule has 1 saturated heterocycles. The van der Waals surface area contributed by atoms with Crippen LogP contribution in [0, 0.1) is 5.92 Å². The van der Waals surface area contributed by atoms with Crippen LogP contribution >= 0.6 is 0 Å². The van der Waals surface area contributed by atoms with Crippen molar-refractivity contribution >= 4 is 11.9 Å². The number of ether oxygens (including phenoxy) is 8. The number of esters is 2. The van der Waals surface area contributed by atoms with E-state index >= 15 is 0 Å². The van der Waals surface area contributed by atoms with Crippen molar-refractivity contribution in [3.05, 3.63) is 11.9 Å². The molecule has 242 valence electrons. The molecule has 1 fully saturated rings. The Balaban J connectivity index is 1.51. The summed E-state index contributed by atoms with van der Waals surface area (Å²) in [6, 6.07) is 0. The maximum atomic E-state index is 11.7. The summed E-state index contributed by atoms with van der Waals surface area (Å²) >= 11 is 0. The lowest BCUT2D eigenvalue weighted by Crippen LogP contribution is -2.56. The lowest BCUT2D eigenvalue weighted by Gasteiger charge is -2.43. The van der Waals surface area contributed by atoms with Gasteiger partial charge in [0.05, 0.1) is 71.7 Å². The first-order chi connectivity index (χ1) is 20.3. The van der Waals surface area contributed by atoms with Gasteiger partial charge in [0.2, 0.25) is 0 Å². The van der Waals surface area contributed by atoms with Crippen LogP contribution in [0.25, 0.3) is 0 Å². The molecule has 0 bridgehead atoms. The van der Waals surface area contributed by atoms with E-state index in [1.807, 2.05) is 20.0 Å². The zero-order valence-corrected chi connectivity index (χ0v) is 25.4. The minimum Gasteiger partial charge on any atom is -0.458 e. The first-order valence-corrected chi connectivity index (χ1v) is 14.7. The van der Waals surface area contributed by atoms with Crippen molar-refractivity contribution in [3.63, 3.8) is 0 Å². The predicted molar refractivity (Wildman–Crippen MR) is 148 cm³/mol. The van der Waals surface area contributed by atoms with E-state index in [0.717, 1.165) is 31.4 Å². The molecule has 0 aliphatic carbocycles. The Morgan fingerprint density at radius 2 is 1.45 bits per heavy atom. The van der Waals surface area contributed by atoms with Crippen molar-refractivity contribution in [1.29, 1.82) is 0 Å². The third-order valence-electron chi connectivity index (χ3n) is 6.55. The number of carbonyl (C=O) groups is 2. The normalized spacial score (nSPS) is 22.3. The molecule has 1 aliphatic heterocycles. The average Bonchev–Trinajstić information content (AvgIpc) is 3.40. The minimum absolute atomic E-state index is 0.0130. The molecule has 0 radical (unpaired) electrons. The lowest BCUT2D eigenvalue weighted by atomic mass is 9.91. The average molecular weight is 604 g/mol. The maximum Gasteiger partial charge on any atom is 0.303 e. The Bertz CT molecular complexity index is 872. The van der Waals surface area contributed by atoms with E-state index in [1.54, 1.807) is 4.68 Å². The molecule has 0 amide bonds. The molecular weight excluding hydrogens is 554 g/mol. The van der Waals surface area contributed by atoms with Gasteiger partial charge in [0.25, 0.3) is 0 Å². The number of rotatable bonds is 23. The van der Waals surface area contributed by atoms with Gasteiger partial charge < -0.3 is 43.0 Å². The van der Waals surface area contributed by atoms with E-state index in [-0.39, 0.29) is 18.6 Å². The molecule has 5 atom stereocenters. The molecule has 14 heteroatoms. The van der Waals surface area contributed by atoms with Gasteiger partial charge in [0.1, 0.15) is 11.8 Å². The van der Waals surface area contributed by atoms with Gasteiger partial charge in [0, 0.05) is 33.0 Å². The highest BCUT2D eigenvalue weighted by molar-refractivity contribution is 5.67. The van der Waals surface area contributed by atoms with Crippen molar-refractivity contribution in [2.45, 2.75) is 91.1 Å². The molecule has 2 heterocycles. The zero-order chi connectivity index (χ0) is 30.6. The van der Waals surface area contributed by atoms with Gasteiger partial charge in [-0.3, -0.25) is 9.59 Å². The summed E-state index contributed by atoms with van der Waals surface area (Å²) in [5.41, 5.74) is 0.764. The number of aromatic nitrogens is 3. The summed E-state index contributed by atoms with van der Waals surface area (Å²) in [5.74, 6) is -1.07. The van der Waals surface area contributed by atoms with Gasteiger partial charge in [-0.2, -0.15) is 0 Å². The van der Waals surface area contributed by atoms with E-state index in [0.29, 0.717) is 66.0 Å². The number of hydrogen-bond acceptors (Lipinski definition) is 13. The molecule has 1 N–H and O–H groups in total. The summed E-state index contributed by atoms with van der Waals surface area (Å²) in [6.45, 7) is 11.2. The van der Waals surface area contributed by atoms with Crippen molar-refractivity contribution in [3.8, 4) is 0 Å². The topological polar surface area (TPSA) is 159 Å². The molecular formula is C28H49N3O11. The van der Waals surface area contributed by atoms with Crippen LogP contribution in [-0.4, -0.2) is 116 Å². The summed E-state index contributed by atoms with van der Waals surface area (Å²) in [4.78, 5) is 23.3. The summed E-state index contributed by atoms with van der Waals surface area (Å²) < 4.78 is 46.2. The lowest BCUT2D eigenvalue weighted by molar-refractivity contribution is -0.287. The first-order valence-electron chi connectivity index (χ1n) is 14.7. The number of unbranched alkanes of at least 4 members (excludes halogenated alkanes) is 3. The van der Waals surface area contributed by atoms with Gasteiger partial charge in [-0.25, -0.2) is 4.68 Å². The fourth-order valence-electron chi connectivity index (χ4n) is 4.26. The highest BCUT2D eigenvalue weighted by Gasteiger charge is 2.47. The first kappa shape index (κ1) is 36.0. The van der Waals surface area contributed by atoms with Crippen LogP contribution in [0.4, 0.5) is 0 Å². The summed E-state index contributed by atoms with van der Waals surface area (Å²) in [5, 5.41) is 16.8. The van der Waals surface area contributed by atoms with E-state index in [4.69, 9.17) is 43.0 Å². The quantitative estimate of drug-likeness (QED) is 0.142. The second-order valence-corrected chi connectivity index (χ2v) is 10.1. The van der Waals surface area contributed by atoms with Crippen molar-refractivity contribution in [2.75, 3.05) is 59.5 Å². The zero-order valence-electron chi connectivity index (χ0n) is 25.4. The summed E-state index contributed by atoms with van der Waals surface area (Å²) in [7, 11) is 0. The van der Waals surface area contributed by atoms with Crippen molar-refractivity contribution < 1.29 is 52.6 Å². The minimum atomic E-state index is -0.814. The van der Waals surface area contributed by atoms with E-state index in [9.17, 15) is 9.59 Å². The molecule has 2 rings (SSSR count). The molecule has 42 heavy (non-hydrogen) atoms. The molecule has 14 nitrogen and oxygen atoms in total. The Morgan fingerprint density at radius 1 is 0.833 bits per heavy atom. The molecule has 1 aromatic rings. The van der Waals surface area contributed by atoms with Gasteiger partial charge in [-0.15, -0.1) is 5.10 Å². The van der Waals surface area contributed by atoms with Crippen LogP contribution < -0.4 is 0 Å².